The number of nitrogens with one attached hydrogen (secondary N) is 1. The van der Waals surface area contributed by atoms with E-state index in [2.05, 4.69) is 10.4 Å². The second-order valence-electron chi connectivity index (χ2n) is 3.94. The molecule has 0 aliphatic carbocycles. The van der Waals surface area contributed by atoms with E-state index < -0.39 is 0 Å². The van der Waals surface area contributed by atoms with Crippen molar-refractivity contribution in [2.45, 2.75) is 19.4 Å². The van der Waals surface area contributed by atoms with Crippen molar-refractivity contribution in [2.75, 3.05) is 18.6 Å². The number of carbonyl (C=O) groups is 1. The Hall–Kier alpha value is -1.01. The minimum Gasteiger partial charge on any atom is -0.396 e. The van der Waals surface area contributed by atoms with Crippen molar-refractivity contribution >= 4 is 17.7 Å². The molecule has 2 N–H and O–H groups in total. The van der Waals surface area contributed by atoms with Crippen molar-refractivity contribution in [1.29, 1.82) is 0 Å². The smallest absolute Gasteiger partial charge is 0.254 e. The van der Waals surface area contributed by atoms with Gasteiger partial charge in [-0.1, -0.05) is 0 Å². The van der Waals surface area contributed by atoms with Crippen molar-refractivity contribution in [2.24, 2.45) is 7.05 Å². The highest BCUT2D eigenvalue weighted by Gasteiger charge is 2.16. The molecule has 0 bridgehead atoms. The summed E-state index contributed by atoms with van der Waals surface area (Å²) >= 11 is 1.65. The van der Waals surface area contributed by atoms with Crippen LogP contribution < -0.4 is 5.32 Å². The zero-order chi connectivity index (χ0) is 12.8. The molecule has 0 aromatic carbocycles. The molecule has 96 valence electrons. The van der Waals surface area contributed by atoms with Gasteiger partial charge in [0.25, 0.3) is 5.91 Å². The van der Waals surface area contributed by atoms with Crippen LogP contribution in [0.25, 0.3) is 0 Å². The summed E-state index contributed by atoms with van der Waals surface area (Å²) in [6, 6.07) is 0.00195. The predicted molar refractivity (Wildman–Crippen MR) is 69.3 cm³/mol. The minimum absolute atomic E-state index is 0.00195. The van der Waals surface area contributed by atoms with E-state index in [1.807, 2.05) is 13.2 Å². The number of carbonyl (C=O) groups excluding carboxylic acids is 1. The van der Waals surface area contributed by atoms with E-state index in [4.69, 9.17) is 5.11 Å². The van der Waals surface area contributed by atoms with Crippen LogP contribution in [0.5, 0.6) is 0 Å². The summed E-state index contributed by atoms with van der Waals surface area (Å²) < 4.78 is 1.62. The van der Waals surface area contributed by atoms with Crippen molar-refractivity contribution in [3.63, 3.8) is 0 Å². The molecule has 1 amide bonds. The average molecular weight is 257 g/mol. The minimum atomic E-state index is -0.122. The molecule has 1 unspecified atom stereocenters. The first-order valence-corrected chi connectivity index (χ1v) is 6.88. The van der Waals surface area contributed by atoms with E-state index in [1.165, 1.54) is 0 Å². The molecule has 0 spiro atoms. The third kappa shape index (κ3) is 4.05. The van der Waals surface area contributed by atoms with Gasteiger partial charge in [0, 0.05) is 31.6 Å². The molecule has 0 aliphatic heterocycles. The monoisotopic (exact) mass is 257 g/mol. The van der Waals surface area contributed by atoms with Crippen LogP contribution >= 0.6 is 11.8 Å². The van der Waals surface area contributed by atoms with Gasteiger partial charge >= 0.3 is 0 Å². The number of amides is 1. The lowest BCUT2D eigenvalue weighted by molar-refractivity contribution is 0.0934. The lowest BCUT2D eigenvalue weighted by Gasteiger charge is -2.16. The lowest BCUT2D eigenvalue weighted by Crippen LogP contribution is -2.37. The van der Waals surface area contributed by atoms with Gasteiger partial charge in [0.2, 0.25) is 0 Å². The fourth-order valence-electron chi connectivity index (χ4n) is 1.64. The Kier molecular flexibility index (Phi) is 5.50. The van der Waals surface area contributed by atoms with Crippen LogP contribution in [0.2, 0.25) is 0 Å². The Labute approximate surface area is 106 Å². The van der Waals surface area contributed by atoms with Crippen LogP contribution in [0.3, 0.4) is 0 Å². The highest BCUT2D eigenvalue weighted by molar-refractivity contribution is 7.98. The third-order valence-electron chi connectivity index (χ3n) is 2.44. The Morgan fingerprint density at radius 2 is 2.41 bits per heavy atom. The van der Waals surface area contributed by atoms with Crippen molar-refractivity contribution < 1.29 is 9.90 Å². The molecule has 1 atom stereocenters. The quantitative estimate of drug-likeness (QED) is 0.782. The summed E-state index contributed by atoms with van der Waals surface area (Å²) in [7, 11) is 1.79. The molecule has 0 fully saturated rings. The summed E-state index contributed by atoms with van der Waals surface area (Å²) in [5.41, 5.74) is 1.31. The molecular formula is C11H19N3O2S. The maximum absolute atomic E-state index is 12.0. The summed E-state index contributed by atoms with van der Waals surface area (Å²) in [6.07, 6.45) is 4.26. The number of aliphatic hydroxyl groups excluding tert-OH is 1. The number of aromatic nitrogens is 2. The van der Waals surface area contributed by atoms with E-state index in [0.29, 0.717) is 12.0 Å². The van der Waals surface area contributed by atoms with Gasteiger partial charge < -0.3 is 10.4 Å². The normalized spacial score (nSPS) is 12.5. The largest absolute Gasteiger partial charge is 0.396 e. The van der Waals surface area contributed by atoms with Crippen molar-refractivity contribution in [3.05, 3.63) is 17.5 Å². The molecule has 0 saturated carbocycles. The number of rotatable bonds is 6. The van der Waals surface area contributed by atoms with Crippen LogP contribution in [0, 0.1) is 6.92 Å². The van der Waals surface area contributed by atoms with E-state index in [0.717, 1.165) is 11.4 Å². The second kappa shape index (κ2) is 6.66. The highest BCUT2D eigenvalue weighted by atomic mass is 32.2. The summed E-state index contributed by atoms with van der Waals surface area (Å²) in [6.45, 7) is 1.89. The number of aliphatic hydroxyl groups is 1. The number of aryl methyl sites for hydroxylation is 2. The van der Waals surface area contributed by atoms with Crippen LogP contribution in [-0.4, -0.2) is 45.5 Å². The Morgan fingerprint density at radius 1 is 1.71 bits per heavy atom. The van der Waals surface area contributed by atoms with Gasteiger partial charge in [-0.3, -0.25) is 9.48 Å². The zero-order valence-electron chi connectivity index (χ0n) is 10.4. The second-order valence-corrected chi connectivity index (χ2v) is 4.85. The Bertz CT molecular complexity index is 373. The van der Waals surface area contributed by atoms with Crippen molar-refractivity contribution in [1.82, 2.24) is 15.1 Å². The molecular weight excluding hydrogens is 238 g/mol. The molecule has 1 rings (SSSR count). The molecule has 1 aromatic rings. The molecule has 1 heterocycles. The van der Waals surface area contributed by atoms with Gasteiger partial charge in [-0.2, -0.15) is 16.9 Å². The number of hydrogen-bond donors (Lipinski definition) is 2. The topological polar surface area (TPSA) is 67.2 Å². The zero-order valence-corrected chi connectivity index (χ0v) is 11.3. The van der Waals surface area contributed by atoms with Crippen LogP contribution in [0.1, 0.15) is 22.5 Å². The van der Waals surface area contributed by atoms with E-state index in [9.17, 15) is 4.79 Å². The van der Waals surface area contributed by atoms with Gasteiger partial charge in [0.1, 0.15) is 0 Å². The molecule has 17 heavy (non-hydrogen) atoms. The standard InChI is InChI=1S/C11H19N3O2S/c1-8-10(6-14(2)13-8)11(16)12-9(4-5-15)7-17-3/h6,9,15H,4-5,7H2,1-3H3,(H,12,16). The van der Waals surface area contributed by atoms with E-state index in [1.54, 1.807) is 29.7 Å². The van der Waals surface area contributed by atoms with Gasteiger partial charge in [0.15, 0.2) is 0 Å². The molecule has 5 nitrogen and oxygen atoms in total. The number of nitrogens with zero attached hydrogens (tertiary/aromatic N) is 2. The first-order valence-electron chi connectivity index (χ1n) is 5.49. The first kappa shape index (κ1) is 14.1. The molecule has 0 radical (unpaired) electrons. The number of thioether (sulfide) groups is 1. The Balaban J connectivity index is 2.66. The fraction of sp³-hybridized carbons (Fsp3) is 0.636. The van der Waals surface area contributed by atoms with Gasteiger partial charge in [-0.15, -0.1) is 0 Å². The molecule has 0 aliphatic rings. The van der Waals surface area contributed by atoms with Gasteiger partial charge in [0.05, 0.1) is 11.3 Å². The van der Waals surface area contributed by atoms with E-state index in [-0.39, 0.29) is 18.6 Å². The van der Waals surface area contributed by atoms with Crippen LogP contribution in [0.15, 0.2) is 6.20 Å². The van der Waals surface area contributed by atoms with Crippen molar-refractivity contribution in [3.8, 4) is 0 Å². The predicted octanol–water partition coefficient (Wildman–Crippen LogP) is 0.572. The molecule has 6 heteroatoms. The van der Waals surface area contributed by atoms with Gasteiger partial charge in [-0.05, 0) is 19.6 Å². The molecule has 0 saturated heterocycles. The first-order chi connectivity index (χ1) is 8.08. The summed E-state index contributed by atoms with van der Waals surface area (Å²) in [5, 5.41) is 16.0. The van der Waals surface area contributed by atoms with E-state index >= 15 is 0 Å². The van der Waals surface area contributed by atoms with Crippen LogP contribution in [0.4, 0.5) is 0 Å². The highest BCUT2D eigenvalue weighted by Crippen LogP contribution is 2.07. The lowest BCUT2D eigenvalue weighted by atomic mass is 10.2. The number of hydrogen-bond acceptors (Lipinski definition) is 4. The maximum Gasteiger partial charge on any atom is 0.254 e. The van der Waals surface area contributed by atoms with Crippen LogP contribution in [-0.2, 0) is 7.05 Å². The SMILES string of the molecule is CSCC(CCO)NC(=O)c1cn(C)nc1C. The average Bonchev–Trinajstić information content (AvgIpc) is 2.58. The fourth-order valence-corrected chi connectivity index (χ4v) is 2.29. The summed E-state index contributed by atoms with van der Waals surface area (Å²) in [4.78, 5) is 12.0. The maximum atomic E-state index is 12.0. The third-order valence-corrected chi connectivity index (χ3v) is 3.17. The van der Waals surface area contributed by atoms with Gasteiger partial charge in [-0.25, -0.2) is 0 Å². The molecule has 1 aromatic heterocycles. The Morgan fingerprint density at radius 3 is 2.88 bits per heavy atom. The summed E-state index contributed by atoms with van der Waals surface area (Å²) in [5.74, 6) is 0.675.